The Balaban J connectivity index is 2.28. The molecule has 0 N–H and O–H groups in total. The van der Waals surface area contributed by atoms with Gasteiger partial charge in [0.2, 0.25) is 0 Å². The van der Waals surface area contributed by atoms with Crippen LogP contribution in [0.4, 0.5) is 0 Å². The first-order chi connectivity index (χ1) is 9.63. The number of rotatable bonds is 5. The lowest BCUT2D eigenvalue weighted by atomic mass is 9.92. The Kier molecular flexibility index (Phi) is 5.67. The third kappa shape index (κ3) is 3.86. The molecule has 0 aromatic heterocycles. The number of ether oxygens (including phenoxy) is 1. The van der Waals surface area contributed by atoms with Crippen molar-refractivity contribution in [2.45, 2.75) is 19.3 Å². The van der Waals surface area contributed by atoms with Crippen LogP contribution in [0.25, 0.3) is 0 Å². The van der Waals surface area contributed by atoms with Gasteiger partial charge in [-0.1, -0.05) is 61.7 Å². The van der Waals surface area contributed by atoms with Crippen molar-refractivity contribution in [2.24, 2.45) is 0 Å². The van der Waals surface area contributed by atoms with Crippen LogP contribution in [0.5, 0.6) is 5.75 Å². The zero-order chi connectivity index (χ0) is 14.5. The number of hydrogen-bond donors (Lipinski definition) is 0. The maximum Gasteiger partial charge on any atom is 0.122 e. The highest BCUT2D eigenvalue weighted by Gasteiger charge is 2.14. The molecule has 2 aromatic rings. The molecule has 0 saturated heterocycles. The van der Waals surface area contributed by atoms with E-state index in [-0.39, 0.29) is 0 Å². The maximum atomic E-state index is 5.47. The van der Waals surface area contributed by atoms with E-state index in [1.807, 2.05) is 12.1 Å². The van der Waals surface area contributed by atoms with Crippen molar-refractivity contribution in [1.82, 2.24) is 0 Å². The highest BCUT2D eigenvalue weighted by atomic mass is 79.9. The Morgan fingerprint density at radius 3 is 2.60 bits per heavy atom. The summed E-state index contributed by atoms with van der Waals surface area (Å²) < 4.78 is 6.56. The molecule has 0 aliphatic carbocycles. The van der Waals surface area contributed by atoms with Crippen molar-refractivity contribution in [3.05, 3.63) is 63.6 Å². The third-order valence-electron chi connectivity index (χ3n) is 3.41. The standard InChI is InChI=1S/C17H18Br2O/c1-12-4-3-5-13(8-12)15(11-18)9-14-10-16(19)6-7-17(14)20-2/h3-8,10,15H,9,11H2,1-2H3. The second-order valence-electron chi connectivity index (χ2n) is 4.93. The van der Waals surface area contributed by atoms with Crippen LogP contribution in [0.15, 0.2) is 46.9 Å². The zero-order valence-corrected chi connectivity index (χ0v) is 14.9. The predicted octanol–water partition coefficient (Wildman–Crippen LogP) is 5.49. The van der Waals surface area contributed by atoms with E-state index in [0.717, 1.165) is 22.0 Å². The average Bonchev–Trinajstić information content (AvgIpc) is 2.45. The fraction of sp³-hybridized carbons (Fsp3) is 0.294. The lowest BCUT2D eigenvalue weighted by molar-refractivity contribution is 0.408. The minimum Gasteiger partial charge on any atom is -0.496 e. The molecule has 0 heterocycles. The molecular weight excluding hydrogens is 380 g/mol. The average molecular weight is 398 g/mol. The van der Waals surface area contributed by atoms with Crippen LogP contribution >= 0.6 is 31.9 Å². The van der Waals surface area contributed by atoms with Crippen molar-refractivity contribution in [3.8, 4) is 5.75 Å². The molecule has 2 rings (SSSR count). The number of benzene rings is 2. The topological polar surface area (TPSA) is 9.23 Å². The second kappa shape index (κ2) is 7.28. The summed E-state index contributed by atoms with van der Waals surface area (Å²) in [4.78, 5) is 0. The summed E-state index contributed by atoms with van der Waals surface area (Å²) in [5, 5.41) is 0.937. The molecule has 1 nitrogen and oxygen atoms in total. The van der Waals surface area contributed by atoms with Crippen LogP contribution in [0.1, 0.15) is 22.6 Å². The lowest BCUT2D eigenvalue weighted by Crippen LogP contribution is -2.06. The fourth-order valence-electron chi connectivity index (χ4n) is 2.36. The van der Waals surface area contributed by atoms with E-state index >= 15 is 0 Å². The molecule has 0 saturated carbocycles. The van der Waals surface area contributed by atoms with Crippen LogP contribution < -0.4 is 4.74 Å². The quantitative estimate of drug-likeness (QED) is 0.606. The molecule has 2 aromatic carbocycles. The molecule has 0 aliphatic rings. The van der Waals surface area contributed by atoms with Crippen molar-refractivity contribution >= 4 is 31.9 Å². The first-order valence-corrected chi connectivity index (χ1v) is 8.50. The van der Waals surface area contributed by atoms with E-state index in [1.165, 1.54) is 16.7 Å². The van der Waals surface area contributed by atoms with E-state index in [1.54, 1.807) is 7.11 Å². The smallest absolute Gasteiger partial charge is 0.122 e. The van der Waals surface area contributed by atoms with Gasteiger partial charge in [-0.25, -0.2) is 0 Å². The molecule has 3 heteroatoms. The summed E-state index contributed by atoms with van der Waals surface area (Å²) in [6.45, 7) is 2.13. The molecule has 0 amide bonds. The van der Waals surface area contributed by atoms with Crippen LogP contribution in [0, 0.1) is 6.92 Å². The molecular formula is C17H18Br2O. The van der Waals surface area contributed by atoms with Gasteiger partial charge >= 0.3 is 0 Å². The van der Waals surface area contributed by atoms with Crippen LogP contribution in [-0.2, 0) is 6.42 Å². The van der Waals surface area contributed by atoms with Crippen molar-refractivity contribution < 1.29 is 4.74 Å². The van der Waals surface area contributed by atoms with Gasteiger partial charge < -0.3 is 4.74 Å². The predicted molar refractivity (Wildman–Crippen MR) is 92.1 cm³/mol. The van der Waals surface area contributed by atoms with Gasteiger partial charge in [0.15, 0.2) is 0 Å². The molecule has 0 bridgehead atoms. The van der Waals surface area contributed by atoms with E-state index in [0.29, 0.717) is 5.92 Å². The summed E-state index contributed by atoms with van der Waals surface area (Å²) in [5.41, 5.74) is 3.89. The highest BCUT2D eigenvalue weighted by molar-refractivity contribution is 9.10. The van der Waals surface area contributed by atoms with Gasteiger partial charge in [0.25, 0.3) is 0 Å². The van der Waals surface area contributed by atoms with Crippen LogP contribution in [0.2, 0.25) is 0 Å². The summed E-state index contributed by atoms with van der Waals surface area (Å²) in [7, 11) is 1.72. The molecule has 0 fully saturated rings. The Morgan fingerprint density at radius 1 is 1.15 bits per heavy atom. The first kappa shape index (κ1) is 15.6. The van der Waals surface area contributed by atoms with Gasteiger partial charge in [-0.05, 0) is 48.6 Å². The van der Waals surface area contributed by atoms with Crippen molar-refractivity contribution in [3.63, 3.8) is 0 Å². The van der Waals surface area contributed by atoms with Crippen LogP contribution in [-0.4, -0.2) is 12.4 Å². The summed E-state index contributed by atoms with van der Waals surface area (Å²) in [6, 6.07) is 14.9. The van der Waals surface area contributed by atoms with Crippen molar-refractivity contribution in [1.29, 1.82) is 0 Å². The van der Waals surface area contributed by atoms with E-state index in [9.17, 15) is 0 Å². The highest BCUT2D eigenvalue weighted by Crippen LogP contribution is 2.30. The van der Waals surface area contributed by atoms with Gasteiger partial charge in [-0.15, -0.1) is 0 Å². The van der Waals surface area contributed by atoms with Crippen LogP contribution in [0.3, 0.4) is 0 Å². The molecule has 1 atom stereocenters. The Morgan fingerprint density at radius 2 is 1.95 bits per heavy atom. The number of methoxy groups -OCH3 is 1. The largest absolute Gasteiger partial charge is 0.496 e. The molecule has 0 radical (unpaired) electrons. The summed E-state index contributed by atoms with van der Waals surface area (Å²) in [5.74, 6) is 1.39. The number of halogens is 2. The third-order valence-corrected chi connectivity index (χ3v) is 4.68. The molecule has 20 heavy (non-hydrogen) atoms. The van der Waals surface area contributed by atoms with E-state index in [2.05, 4.69) is 69.1 Å². The maximum absolute atomic E-state index is 5.47. The Labute approximate surface area is 137 Å². The molecule has 106 valence electrons. The monoisotopic (exact) mass is 396 g/mol. The van der Waals surface area contributed by atoms with Gasteiger partial charge in [-0.2, -0.15) is 0 Å². The second-order valence-corrected chi connectivity index (χ2v) is 6.49. The lowest BCUT2D eigenvalue weighted by Gasteiger charge is -2.17. The SMILES string of the molecule is COc1ccc(Br)cc1CC(CBr)c1cccc(C)c1. The molecule has 0 spiro atoms. The first-order valence-electron chi connectivity index (χ1n) is 6.59. The Hall–Kier alpha value is -0.800. The zero-order valence-electron chi connectivity index (χ0n) is 11.7. The van der Waals surface area contributed by atoms with Gasteiger partial charge in [0.1, 0.15) is 5.75 Å². The van der Waals surface area contributed by atoms with E-state index < -0.39 is 0 Å². The van der Waals surface area contributed by atoms with Gasteiger partial charge in [-0.3, -0.25) is 0 Å². The fourth-order valence-corrected chi connectivity index (χ4v) is 3.37. The van der Waals surface area contributed by atoms with Gasteiger partial charge in [0.05, 0.1) is 7.11 Å². The minimum absolute atomic E-state index is 0.443. The summed E-state index contributed by atoms with van der Waals surface area (Å²) in [6.07, 6.45) is 0.956. The van der Waals surface area contributed by atoms with Crippen molar-refractivity contribution in [2.75, 3.05) is 12.4 Å². The number of aryl methyl sites for hydroxylation is 1. The van der Waals surface area contributed by atoms with Gasteiger partial charge in [0, 0.05) is 9.80 Å². The molecule has 0 aliphatic heterocycles. The summed E-state index contributed by atoms with van der Waals surface area (Å²) >= 11 is 7.19. The molecule has 1 unspecified atom stereocenters. The Bertz CT molecular complexity index is 581. The number of hydrogen-bond acceptors (Lipinski definition) is 1. The number of alkyl halides is 1. The van der Waals surface area contributed by atoms with E-state index in [4.69, 9.17) is 4.74 Å². The normalized spacial score (nSPS) is 12.2. The minimum atomic E-state index is 0.443.